The molecule has 1 aromatic carbocycles. The van der Waals surface area contributed by atoms with Crippen LogP contribution in [0.15, 0.2) is 18.2 Å². The van der Waals surface area contributed by atoms with Gasteiger partial charge in [0.25, 0.3) is 0 Å². The second kappa shape index (κ2) is 7.24. The van der Waals surface area contributed by atoms with Gasteiger partial charge in [-0.05, 0) is 85.6 Å². The van der Waals surface area contributed by atoms with E-state index >= 15 is 0 Å². The van der Waals surface area contributed by atoms with Gasteiger partial charge in [0.1, 0.15) is 15.8 Å². The van der Waals surface area contributed by atoms with Gasteiger partial charge in [-0.25, -0.2) is 0 Å². The zero-order valence-electron chi connectivity index (χ0n) is 16.7. The van der Waals surface area contributed by atoms with Crippen molar-refractivity contribution in [3.05, 3.63) is 27.5 Å². The summed E-state index contributed by atoms with van der Waals surface area (Å²) < 4.78 is 8.00. The van der Waals surface area contributed by atoms with E-state index in [0.29, 0.717) is 0 Å². The first-order valence-electron chi connectivity index (χ1n) is 8.79. The second-order valence-corrected chi connectivity index (χ2v) is 14.5. The van der Waals surface area contributed by atoms with Gasteiger partial charge >= 0.3 is 5.97 Å². The number of hydrogen-bond acceptors (Lipinski definition) is 4. The molecule has 2 aromatic rings. The van der Waals surface area contributed by atoms with Gasteiger partial charge in [0, 0.05) is 5.39 Å². The average molecular weight is 488 g/mol. The predicted octanol–water partition coefficient (Wildman–Crippen LogP) is 4.50. The maximum atomic E-state index is 12.2. The monoisotopic (exact) mass is 488 g/mol. The summed E-state index contributed by atoms with van der Waals surface area (Å²) in [4.78, 5) is 22.8. The zero-order chi connectivity index (χ0) is 19.9. The molecule has 7 heteroatoms. The van der Waals surface area contributed by atoms with Crippen LogP contribution in [-0.2, 0) is 22.5 Å². The SMILES string of the molecule is CC(C)(C)OC(=O)Cn1nc(I)c2ccc(CC(C)(C)[Si](C)(C)O)cc21. The lowest BCUT2D eigenvalue weighted by molar-refractivity contribution is -0.155. The lowest BCUT2D eigenvalue weighted by atomic mass is 10.0. The number of halogens is 1. The van der Waals surface area contributed by atoms with Gasteiger partial charge in [-0.1, -0.05) is 19.9 Å². The highest BCUT2D eigenvalue weighted by Crippen LogP contribution is 2.39. The Balaban J connectivity index is 2.34. The maximum Gasteiger partial charge on any atom is 0.328 e. The molecule has 26 heavy (non-hydrogen) atoms. The Kier molecular flexibility index (Phi) is 5.95. The number of carbonyl (C=O) groups excluding carboxylic acids is 1. The number of carbonyl (C=O) groups is 1. The molecule has 0 radical (unpaired) electrons. The summed E-state index contributed by atoms with van der Waals surface area (Å²) in [7, 11) is -2.29. The Morgan fingerprint density at radius 3 is 2.42 bits per heavy atom. The fraction of sp³-hybridized carbons (Fsp3) is 0.579. The Hall–Kier alpha value is -0.933. The van der Waals surface area contributed by atoms with E-state index in [-0.39, 0.29) is 17.6 Å². The first-order valence-corrected chi connectivity index (χ1v) is 12.8. The maximum absolute atomic E-state index is 12.2. The molecule has 5 nitrogen and oxygen atoms in total. The molecule has 144 valence electrons. The van der Waals surface area contributed by atoms with Crippen molar-refractivity contribution >= 4 is 47.8 Å². The molecule has 0 saturated carbocycles. The van der Waals surface area contributed by atoms with Crippen molar-refractivity contribution in [1.29, 1.82) is 0 Å². The largest absolute Gasteiger partial charge is 0.459 e. The quantitative estimate of drug-likeness (QED) is 0.383. The Morgan fingerprint density at radius 1 is 1.27 bits per heavy atom. The Morgan fingerprint density at radius 2 is 1.88 bits per heavy atom. The summed E-state index contributed by atoms with van der Waals surface area (Å²) in [6.07, 6.45) is 0.785. The molecule has 1 N–H and O–H groups in total. The van der Waals surface area contributed by atoms with Gasteiger partial charge in [-0.2, -0.15) is 5.10 Å². The summed E-state index contributed by atoms with van der Waals surface area (Å²) in [5.41, 5.74) is 1.55. The molecule has 0 unspecified atom stereocenters. The summed E-state index contributed by atoms with van der Waals surface area (Å²) >= 11 is 2.19. The van der Waals surface area contributed by atoms with Crippen molar-refractivity contribution < 1.29 is 14.3 Å². The van der Waals surface area contributed by atoms with Crippen molar-refractivity contribution in [2.45, 2.75) is 71.3 Å². The van der Waals surface area contributed by atoms with Crippen LogP contribution in [0.5, 0.6) is 0 Å². The van der Waals surface area contributed by atoms with Gasteiger partial charge in [0.15, 0.2) is 8.32 Å². The van der Waals surface area contributed by atoms with Gasteiger partial charge in [0.05, 0.1) is 5.52 Å². The normalized spacial score (nSPS) is 13.3. The van der Waals surface area contributed by atoms with E-state index in [0.717, 1.165) is 26.6 Å². The molecule has 0 fully saturated rings. The lowest BCUT2D eigenvalue weighted by Crippen LogP contribution is -2.40. The number of nitrogens with zero attached hydrogens (tertiary/aromatic N) is 2. The van der Waals surface area contributed by atoms with Gasteiger partial charge in [0.2, 0.25) is 0 Å². The zero-order valence-corrected chi connectivity index (χ0v) is 19.8. The third kappa shape index (κ3) is 5.07. The molecule has 0 saturated heterocycles. The fourth-order valence-electron chi connectivity index (χ4n) is 2.63. The minimum atomic E-state index is -2.29. The average Bonchev–Trinajstić information content (AvgIpc) is 2.71. The molecule has 1 heterocycles. The topological polar surface area (TPSA) is 64.4 Å². The van der Waals surface area contributed by atoms with Crippen LogP contribution in [0.3, 0.4) is 0 Å². The molecule has 0 aliphatic carbocycles. The molecular weight excluding hydrogens is 459 g/mol. The van der Waals surface area contributed by atoms with Crippen molar-refractivity contribution in [1.82, 2.24) is 9.78 Å². The number of rotatable bonds is 5. The molecule has 2 rings (SSSR count). The van der Waals surface area contributed by atoms with Gasteiger partial charge in [-0.15, -0.1) is 0 Å². The number of fused-ring (bicyclic) bond motifs is 1. The molecule has 0 spiro atoms. The first-order chi connectivity index (χ1) is 11.7. The van der Waals surface area contributed by atoms with E-state index in [9.17, 15) is 9.59 Å². The minimum Gasteiger partial charge on any atom is -0.459 e. The van der Waals surface area contributed by atoms with Gasteiger partial charge < -0.3 is 9.53 Å². The van der Waals surface area contributed by atoms with Crippen LogP contribution in [0.2, 0.25) is 18.1 Å². The second-order valence-electron chi connectivity index (χ2n) is 9.01. The van der Waals surface area contributed by atoms with E-state index in [2.05, 4.69) is 53.7 Å². The van der Waals surface area contributed by atoms with Crippen LogP contribution in [-0.4, -0.2) is 34.5 Å². The van der Waals surface area contributed by atoms with E-state index in [4.69, 9.17) is 4.74 Å². The molecule has 1 aromatic heterocycles. The third-order valence-corrected chi connectivity index (χ3v) is 9.06. The smallest absolute Gasteiger partial charge is 0.328 e. The molecule has 0 aliphatic heterocycles. The van der Waals surface area contributed by atoms with Crippen LogP contribution < -0.4 is 0 Å². The standard InChI is InChI=1S/C19H29IN2O3Si/c1-18(2,3)25-16(23)12-22-15-10-13(8-9-14(15)17(20)21-22)11-19(4,5)26(6,7)24/h8-10,24H,11-12H2,1-7H3. The van der Waals surface area contributed by atoms with Crippen LogP contribution in [0.1, 0.15) is 40.2 Å². The number of aromatic nitrogens is 2. The van der Waals surface area contributed by atoms with Crippen LogP contribution in [0.25, 0.3) is 10.9 Å². The van der Waals surface area contributed by atoms with Crippen LogP contribution in [0, 0.1) is 3.70 Å². The Labute approximate surface area is 170 Å². The summed E-state index contributed by atoms with van der Waals surface area (Å²) in [6, 6.07) is 6.22. The third-order valence-electron chi connectivity index (χ3n) is 4.77. The van der Waals surface area contributed by atoms with E-state index < -0.39 is 13.9 Å². The number of hydrogen-bond donors (Lipinski definition) is 1. The number of benzene rings is 1. The van der Waals surface area contributed by atoms with Crippen molar-refractivity contribution in [3.8, 4) is 0 Å². The highest BCUT2D eigenvalue weighted by molar-refractivity contribution is 14.1. The fourth-order valence-corrected chi connectivity index (χ4v) is 3.99. The van der Waals surface area contributed by atoms with Crippen LogP contribution >= 0.6 is 22.6 Å². The van der Waals surface area contributed by atoms with Crippen molar-refractivity contribution in [2.75, 3.05) is 0 Å². The predicted molar refractivity (Wildman–Crippen MR) is 116 cm³/mol. The van der Waals surface area contributed by atoms with E-state index in [1.54, 1.807) is 4.68 Å². The highest BCUT2D eigenvalue weighted by atomic mass is 127. The first kappa shape index (κ1) is 21.4. The minimum absolute atomic E-state index is 0.0872. The van der Waals surface area contributed by atoms with E-state index in [1.165, 1.54) is 0 Å². The van der Waals surface area contributed by atoms with Crippen LogP contribution in [0.4, 0.5) is 0 Å². The summed E-state index contributed by atoms with van der Waals surface area (Å²) in [6.45, 7) is 13.8. The van der Waals surface area contributed by atoms with Crippen molar-refractivity contribution in [3.63, 3.8) is 0 Å². The molecule has 0 amide bonds. The lowest BCUT2D eigenvalue weighted by Gasteiger charge is -2.35. The summed E-state index contributed by atoms with van der Waals surface area (Å²) in [5, 5.41) is 5.38. The molecule has 0 bridgehead atoms. The Bertz CT molecular complexity index is 817. The number of esters is 1. The molecule has 0 atom stereocenters. The van der Waals surface area contributed by atoms with E-state index in [1.807, 2.05) is 39.9 Å². The molecule has 0 aliphatic rings. The molecular formula is C19H29IN2O3Si. The van der Waals surface area contributed by atoms with Gasteiger partial charge in [-0.3, -0.25) is 9.48 Å². The number of ether oxygens (including phenoxy) is 1. The highest BCUT2D eigenvalue weighted by Gasteiger charge is 2.38. The summed E-state index contributed by atoms with van der Waals surface area (Å²) in [5.74, 6) is -0.298. The van der Waals surface area contributed by atoms with Crippen molar-refractivity contribution in [2.24, 2.45) is 0 Å².